The third-order valence-electron chi connectivity index (χ3n) is 4.16. The Balaban J connectivity index is 1.93. The molecule has 0 bridgehead atoms. The van der Waals surface area contributed by atoms with E-state index in [0.29, 0.717) is 18.4 Å². The van der Waals surface area contributed by atoms with Crippen LogP contribution in [0.15, 0.2) is 12.3 Å². The average molecular weight is 288 g/mol. The highest BCUT2D eigenvalue weighted by Crippen LogP contribution is 2.27. The number of rotatable bonds is 7. The zero-order chi connectivity index (χ0) is 15.1. The molecule has 4 nitrogen and oxygen atoms in total. The molecule has 0 atom stereocenters. The Bertz CT molecular complexity index is 452. The fraction of sp³-hybridized carbons (Fsp3) is 0.765. The molecule has 1 aliphatic carbocycles. The Morgan fingerprint density at radius 2 is 2.14 bits per heavy atom. The predicted molar refractivity (Wildman–Crippen MR) is 84.7 cm³/mol. The first-order valence-electron chi connectivity index (χ1n) is 8.32. The first kappa shape index (κ1) is 16.0. The summed E-state index contributed by atoms with van der Waals surface area (Å²) in [6.45, 7) is 7.17. The second kappa shape index (κ2) is 8.19. The van der Waals surface area contributed by atoms with Gasteiger partial charge in [0.1, 0.15) is 0 Å². The van der Waals surface area contributed by atoms with Crippen LogP contribution in [0, 0.1) is 17.2 Å². The van der Waals surface area contributed by atoms with Crippen molar-refractivity contribution < 1.29 is 0 Å². The van der Waals surface area contributed by atoms with Crippen molar-refractivity contribution in [1.82, 2.24) is 14.7 Å². The predicted octanol–water partition coefficient (Wildman–Crippen LogP) is 3.76. The van der Waals surface area contributed by atoms with E-state index in [0.717, 1.165) is 25.3 Å². The summed E-state index contributed by atoms with van der Waals surface area (Å²) in [5, 5.41) is 13.6. The first-order chi connectivity index (χ1) is 10.2. The van der Waals surface area contributed by atoms with Gasteiger partial charge in [-0.2, -0.15) is 10.4 Å². The highest BCUT2D eigenvalue weighted by molar-refractivity contribution is 5.00. The van der Waals surface area contributed by atoms with E-state index in [1.807, 2.05) is 0 Å². The minimum absolute atomic E-state index is 0.593. The van der Waals surface area contributed by atoms with Gasteiger partial charge >= 0.3 is 0 Å². The SMILES string of the molecule is CC(C)CN(CCC#N)Cc1ccn(C2CCCCC2)n1. The minimum atomic E-state index is 0.593. The fourth-order valence-electron chi connectivity index (χ4n) is 3.20. The van der Waals surface area contributed by atoms with Gasteiger partial charge < -0.3 is 0 Å². The van der Waals surface area contributed by atoms with E-state index < -0.39 is 0 Å². The Morgan fingerprint density at radius 3 is 2.81 bits per heavy atom. The van der Waals surface area contributed by atoms with Crippen LogP contribution < -0.4 is 0 Å². The topological polar surface area (TPSA) is 44.9 Å². The molecule has 2 rings (SSSR count). The lowest BCUT2D eigenvalue weighted by molar-refractivity contribution is 0.236. The van der Waals surface area contributed by atoms with Crippen molar-refractivity contribution in [3.63, 3.8) is 0 Å². The molecule has 0 aliphatic heterocycles. The van der Waals surface area contributed by atoms with Crippen LogP contribution in [-0.2, 0) is 6.54 Å². The van der Waals surface area contributed by atoms with Gasteiger partial charge in [-0.05, 0) is 24.8 Å². The molecular formula is C17H28N4. The maximum atomic E-state index is 8.79. The van der Waals surface area contributed by atoms with E-state index >= 15 is 0 Å². The van der Waals surface area contributed by atoms with Crippen molar-refractivity contribution in [3.8, 4) is 6.07 Å². The number of nitriles is 1. The normalized spacial score (nSPS) is 16.5. The maximum absolute atomic E-state index is 8.79. The zero-order valence-electron chi connectivity index (χ0n) is 13.5. The highest BCUT2D eigenvalue weighted by Gasteiger charge is 2.17. The molecule has 0 unspecified atom stereocenters. The van der Waals surface area contributed by atoms with Crippen LogP contribution in [0.5, 0.6) is 0 Å². The summed E-state index contributed by atoms with van der Waals surface area (Å²) in [5.74, 6) is 0.615. The van der Waals surface area contributed by atoms with Gasteiger partial charge in [0, 0.05) is 32.3 Å². The van der Waals surface area contributed by atoms with Gasteiger partial charge in [0.25, 0.3) is 0 Å². The standard InChI is InChI=1S/C17H28N4/c1-15(2)13-20(11-6-10-18)14-16-9-12-21(19-16)17-7-4-3-5-8-17/h9,12,15,17H,3-8,11,13-14H2,1-2H3. The molecule has 0 aromatic carbocycles. The molecule has 0 amide bonds. The molecule has 0 radical (unpaired) electrons. The van der Waals surface area contributed by atoms with Crippen LogP contribution in [0.2, 0.25) is 0 Å². The minimum Gasteiger partial charge on any atom is -0.296 e. The van der Waals surface area contributed by atoms with E-state index in [4.69, 9.17) is 10.4 Å². The third-order valence-corrected chi connectivity index (χ3v) is 4.16. The summed E-state index contributed by atoms with van der Waals surface area (Å²) in [6.07, 6.45) is 9.32. The van der Waals surface area contributed by atoms with Gasteiger partial charge in [-0.3, -0.25) is 9.58 Å². The van der Waals surface area contributed by atoms with Gasteiger partial charge in [-0.1, -0.05) is 33.1 Å². The smallest absolute Gasteiger partial charge is 0.0764 e. The lowest BCUT2D eigenvalue weighted by Gasteiger charge is -2.23. The Kier molecular flexibility index (Phi) is 6.25. The van der Waals surface area contributed by atoms with Crippen LogP contribution in [0.3, 0.4) is 0 Å². The molecule has 1 aromatic rings. The monoisotopic (exact) mass is 288 g/mol. The molecule has 21 heavy (non-hydrogen) atoms. The first-order valence-corrected chi connectivity index (χ1v) is 8.32. The van der Waals surface area contributed by atoms with E-state index in [-0.39, 0.29) is 0 Å². The molecule has 0 spiro atoms. The Hall–Kier alpha value is -1.34. The van der Waals surface area contributed by atoms with Crippen molar-refractivity contribution in [2.75, 3.05) is 13.1 Å². The number of hydrogen-bond acceptors (Lipinski definition) is 3. The summed E-state index contributed by atoms with van der Waals surface area (Å²) in [4.78, 5) is 2.35. The van der Waals surface area contributed by atoms with Gasteiger partial charge in [-0.15, -0.1) is 0 Å². The number of aromatic nitrogens is 2. The summed E-state index contributed by atoms with van der Waals surface area (Å²) < 4.78 is 2.17. The molecule has 0 saturated heterocycles. The van der Waals surface area contributed by atoms with Crippen LogP contribution in [0.1, 0.15) is 64.1 Å². The summed E-state index contributed by atoms with van der Waals surface area (Å²) in [7, 11) is 0. The van der Waals surface area contributed by atoms with Crippen LogP contribution in [-0.4, -0.2) is 27.8 Å². The zero-order valence-corrected chi connectivity index (χ0v) is 13.5. The van der Waals surface area contributed by atoms with E-state index in [1.54, 1.807) is 0 Å². The second-order valence-electron chi connectivity index (χ2n) is 6.62. The van der Waals surface area contributed by atoms with Crippen LogP contribution >= 0.6 is 0 Å². The maximum Gasteiger partial charge on any atom is 0.0764 e. The van der Waals surface area contributed by atoms with Gasteiger partial charge in [0.2, 0.25) is 0 Å². The summed E-state index contributed by atoms with van der Waals surface area (Å²) >= 11 is 0. The molecular weight excluding hydrogens is 260 g/mol. The molecule has 4 heteroatoms. The fourth-order valence-corrected chi connectivity index (χ4v) is 3.20. The number of nitrogens with zero attached hydrogens (tertiary/aromatic N) is 4. The molecule has 1 fully saturated rings. The summed E-state index contributed by atoms with van der Waals surface area (Å²) in [5.41, 5.74) is 1.14. The van der Waals surface area contributed by atoms with E-state index in [1.165, 1.54) is 32.1 Å². The van der Waals surface area contributed by atoms with E-state index in [2.05, 4.69) is 41.8 Å². The van der Waals surface area contributed by atoms with Crippen molar-refractivity contribution in [2.45, 2.75) is 65.0 Å². The highest BCUT2D eigenvalue weighted by atomic mass is 15.3. The largest absolute Gasteiger partial charge is 0.296 e. The van der Waals surface area contributed by atoms with Crippen molar-refractivity contribution in [3.05, 3.63) is 18.0 Å². The lowest BCUT2D eigenvalue weighted by atomic mass is 9.96. The molecule has 1 aromatic heterocycles. The van der Waals surface area contributed by atoms with Gasteiger partial charge in [-0.25, -0.2) is 0 Å². The third kappa shape index (κ3) is 5.17. The second-order valence-corrected chi connectivity index (χ2v) is 6.62. The van der Waals surface area contributed by atoms with Crippen molar-refractivity contribution >= 4 is 0 Å². The molecule has 116 valence electrons. The Morgan fingerprint density at radius 1 is 1.38 bits per heavy atom. The van der Waals surface area contributed by atoms with Crippen molar-refractivity contribution in [1.29, 1.82) is 5.26 Å². The molecule has 1 aliphatic rings. The van der Waals surface area contributed by atoms with Crippen molar-refractivity contribution in [2.24, 2.45) is 5.92 Å². The lowest BCUT2D eigenvalue weighted by Crippen LogP contribution is -2.28. The molecule has 0 N–H and O–H groups in total. The molecule has 1 saturated carbocycles. The van der Waals surface area contributed by atoms with Gasteiger partial charge in [0.05, 0.1) is 17.8 Å². The van der Waals surface area contributed by atoms with Crippen LogP contribution in [0.25, 0.3) is 0 Å². The molecule has 1 heterocycles. The number of hydrogen-bond donors (Lipinski definition) is 0. The van der Waals surface area contributed by atoms with Gasteiger partial charge in [0.15, 0.2) is 0 Å². The Labute approximate surface area is 128 Å². The summed E-state index contributed by atoms with van der Waals surface area (Å²) in [6, 6.07) is 5.00. The average Bonchev–Trinajstić information content (AvgIpc) is 2.93. The van der Waals surface area contributed by atoms with Crippen LogP contribution in [0.4, 0.5) is 0 Å². The van der Waals surface area contributed by atoms with E-state index in [9.17, 15) is 0 Å². The quantitative estimate of drug-likeness (QED) is 0.767.